The van der Waals surface area contributed by atoms with Gasteiger partial charge in [-0.25, -0.2) is 12.8 Å². The first kappa shape index (κ1) is 16.2. The highest BCUT2D eigenvalue weighted by molar-refractivity contribution is 7.89. The molecule has 1 heterocycles. The first-order chi connectivity index (χ1) is 9.75. The van der Waals surface area contributed by atoms with Gasteiger partial charge in [0, 0.05) is 12.6 Å². The smallest absolute Gasteiger partial charge is 0.306 e. The largest absolute Gasteiger partial charge is 0.481 e. The van der Waals surface area contributed by atoms with Crippen molar-refractivity contribution in [2.45, 2.75) is 30.7 Å². The Hall–Kier alpha value is -1.18. The Morgan fingerprint density at radius 3 is 2.71 bits per heavy atom. The molecule has 1 fully saturated rings. The molecule has 2 rings (SSSR count). The molecule has 1 aliphatic heterocycles. The van der Waals surface area contributed by atoms with Crippen LogP contribution in [0.2, 0.25) is 5.02 Å². The topological polar surface area (TPSA) is 74.7 Å². The number of sulfonamides is 1. The third-order valence-corrected chi connectivity index (χ3v) is 5.99. The van der Waals surface area contributed by atoms with Crippen molar-refractivity contribution >= 4 is 27.6 Å². The number of rotatable bonds is 3. The van der Waals surface area contributed by atoms with E-state index in [2.05, 4.69) is 0 Å². The van der Waals surface area contributed by atoms with Gasteiger partial charge in [0.05, 0.1) is 10.9 Å². The van der Waals surface area contributed by atoms with Crippen molar-refractivity contribution in [3.05, 3.63) is 29.0 Å². The standard InChI is InChI=1S/C13H15ClFNO4S/c1-8-7-9(13(17)18)5-6-16(8)21(19,20)11-4-2-3-10(14)12(11)15/h2-4,8-9H,5-7H2,1H3,(H,17,18)/t8-,9-/m1/s1. The number of piperidine rings is 1. The van der Waals surface area contributed by atoms with Gasteiger partial charge >= 0.3 is 5.97 Å². The molecule has 1 N–H and O–H groups in total. The predicted molar refractivity (Wildman–Crippen MR) is 75.1 cm³/mol. The van der Waals surface area contributed by atoms with Crippen LogP contribution >= 0.6 is 11.6 Å². The third-order valence-electron chi connectivity index (χ3n) is 3.67. The zero-order valence-corrected chi connectivity index (χ0v) is 12.9. The minimum Gasteiger partial charge on any atom is -0.481 e. The summed E-state index contributed by atoms with van der Waals surface area (Å²) >= 11 is 5.62. The summed E-state index contributed by atoms with van der Waals surface area (Å²) in [6, 6.07) is 3.29. The summed E-state index contributed by atoms with van der Waals surface area (Å²) in [6.45, 7) is 1.67. The molecule has 1 aliphatic rings. The van der Waals surface area contributed by atoms with Gasteiger partial charge < -0.3 is 5.11 Å². The maximum absolute atomic E-state index is 14.0. The second-order valence-corrected chi connectivity index (χ2v) is 7.34. The lowest BCUT2D eigenvalue weighted by atomic mass is 9.93. The molecular formula is C13H15ClFNO4S. The molecule has 2 atom stereocenters. The van der Waals surface area contributed by atoms with E-state index in [0.29, 0.717) is 0 Å². The molecule has 0 aromatic heterocycles. The zero-order chi connectivity index (χ0) is 15.8. The molecular weight excluding hydrogens is 321 g/mol. The van der Waals surface area contributed by atoms with Crippen LogP contribution in [0.4, 0.5) is 4.39 Å². The van der Waals surface area contributed by atoms with Gasteiger partial charge in [0.2, 0.25) is 10.0 Å². The fourth-order valence-electron chi connectivity index (χ4n) is 2.54. The van der Waals surface area contributed by atoms with Crippen molar-refractivity contribution in [1.29, 1.82) is 0 Å². The molecule has 8 heteroatoms. The lowest BCUT2D eigenvalue weighted by Crippen LogP contribution is -2.46. The molecule has 0 radical (unpaired) electrons. The van der Waals surface area contributed by atoms with Crippen LogP contribution < -0.4 is 0 Å². The minimum absolute atomic E-state index is 0.0480. The Morgan fingerprint density at radius 1 is 1.48 bits per heavy atom. The highest BCUT2D eigenvalue weighted by atomic mass is 35.5. The number of benzene rings is 1. The Bertz CT molecular complexity index is 664. The zero-order valence-electron chi connectivity index (χ0n) is 11.3. The van der Waals surface area contributed by atoms with E-state index in [1.165, 1.54) is 12.1 Å². The predicted octanol–water partition coefficient (Wildman–Crippen LogP) is 2.35. The molecule has 0 saturated carbocycles. The van der Waals surface area contributed by atoms with Crippen LogP contribution in [-0.2, 0) is 14.8 Å². The normalized spacial score (nSPS) is 24.0. The number of carbonyl (C=O) groups is 1. The lowest BCUT2D eigenvalue weighted by molar-refractivity contribution is -0.143. The monoisotopic (exact) mass is 335 g/mol. The van der Waals surface area contributed by atoms with Crippen LogP contribution in [0.5, 0.6) is 0 Å². The Morgan fingerprint density at radius 2 is 2.14 bits per heavy atom. The van der Waals surface area contributed by atoms with E-state index in [1.54, 1.807) is 6.92 Å². The van der Waals surface area contributed by atoms with Crippen molar-refractivity contribution < 1.29 is 22.7 Å². The molecule has 0 aliphatic carbocycles. The van der Waals surface area contributed by atoms with Crippen molar-refractivity contribution in [3.8, 4) is 0 Å². The molecule has 116 valence electrons. The number of hydrogen-bond donors (Lipinski definition) is 1. The van der Waals surface area contributed by atoms with E-state index >= 15 is 0 Å². The summed E-state index contributed by atoms with van der Waals surface area (Å²) in [5, 5.41) is 8.74. The van der Waals surface area contributed by atoms with Gasteiger partial charge in [-0.1, -0.05) is 17.7 Å². The first-order valence-electron chi connectivity index (χ1n) is 6.43. The number of carboxylic acids is 1. The van der Waals surface area contributed by atoms with Crippen LogP contribution in [-0.4, -0.2) is 36.4 Å². The number of halogens is 2. The summed E-state index contributed by atoms with van der Waals surface area (Å²) in [7, 11) is -4.03. The van der Waals surface area contributed by atoms with Crippen molar-refractivity contribution in [1.82, 2.24) is 4.31 Å². The van der Waals surface area contributed by atoms with Gasteiger partial charge in [0.25, 0.3) is 0 Å². The SMILES string of the molecule is C[C@@H]1C[C@H](C(=O)O)CCN1S(=O)(=O)c1cccc(Cl)c1F. The van der Waals surface area contributed by atoms with Crippen LogP contribution in [0, 0.1) is 11.7 Å². The second kappa shape index (κ2) is 5.90. The van der Waals surface area contributed by atoms with Gasteiger partial charge in [0.1, 0.15) is 4.90 Å². The molecule has 0 spiro atoms. The number of aliphatic carboxylic acids is 1. The third kappa shape index (κ3) is 3.04. The van der Waals surface area contributed by atoms with E-state index in [4.69, 9.17) is 16.7 Å². The highest BCUT2D eigenvalue weighted by Crippen LogP contribution is 2.31. The van der Waals surface area contributed by atoms with E-state index in [-0.39, 0.29) is 24.4 Å². The number of nitrogens with zero attached hydrogens (tertiary/aromatic N) is 1. The average molecular weight is 336 g/mol. The quantitative estimate of drug-likeness (QED) is 0.920. The van der Waals surface area contributed by atoms with Crippen molar-refractivity contribution in [3.63, 3.8) is 0 Å². The highest BCUT2D eigenvalue weighted by Gasteiger charge is 2.38. The molecule has 0 bridgehead atoms. The fraction of sp³-hybridized carbons (Fsp3) is 0.462. The summed E-state index contributed by atoms with van der Waals surface area (Å²) in [5.41, 5.74) is 0. The van der Waals surface area contributed by atoms with E-state index in [0.717, 1.165) is 10.4 Å². The first-order valence-corrected chi connectivity index (χ1v) is 8.25. The molecule has 0 unspecified atom stereocenters. The fourth-order valence-corrected chi connectivity index (χ4v) is 4.52. The van der Waals surface area contributed by atoms with Crippen LogP contribution in [0.15, 0.2) is 23.1 Å². The van der Waals surface area contributed by atoms with Crippen molar-refractivity contribution in [2.24, 2.45) is 5.92 Å². The second-order valence-electron chi connectivity index (χ2n) is 5.08. The Labute approximate surface area is 127 Å². The summed E-state index contributed by atoms with van der Waals surface area (Å²) < 4.78 is 40.1. The van der Waals surface area contributed by atoms with Crippen molar-refractivity contribution in [2.75, 3.05) is 6.54 Å². The molecule has 1 aromatic rings. The summed E-state index contributed by atoms with van der Waals surface area (Å²) in [4.78, 5) is 10.5. The van der Waals surface area contributed by atoms with E-state index in [1.807, 2.05) is 0 Å². The van der Waals surface area contributed by atoms with Crippen LogP contribution in [0.3, 0.4) is 0 Å². The summed E-state index contributed by atoms with van der Waals surface area (Å²) in [5.74, 6) is -2.49. The van der Waals surface area contributed by atoms with E-state index < -0.39 is 38.7 Å². The maximum atomic E-state index is 14.0. The van der Waals surface area contributed by atoms with Gasteiger partial charge in [0.15, 0.2) is 5.82 Å². The summed E-state index contributed by atoms with van der Waals surface area (Å²) in [6.07, 6.45) is 0.415. The van der Waals surface area contributed by atoms with Crippen LogP contribution in [0.1, 0.15) is 19.8 Å². The molecule has 21 heavy (non-hydrogen) atoms. The molecule has 0 amide bonds. The number of hydrogen-bond acceptors (Lipinski definition) is 3. The molecule has 1 saturated heterocycles. The molecule has 1 aromatic carbocycles. The van der Waals surface area contributed by atoms with Gasteiger partial charge in [-0.3, -0.25) is 4.79 Å². The maximum Gasteiger partial charge on any atom is 0.306 e. The van der Waals surface area contributed by atoms with Gasteiger partial charge in [-0.15, -0.1) is 0 Å². The average Bonchev–Trinajstić information content (AvgIpc) is 2.41. The number of carboxylic acid groups (broad SMARTS) is 1. The van der Waals surface area contributed by atoms with Crippen LogP contribution in [0.25, 0.3) is 0 Å². The minimum atomic E-state index is -4.03. The lowest BCUT2D eigenvalue weighted by Gasteiger charge is -2.35. The Balaban J connectivity index is 2.33. The van der Waals surface area contributed by atoms with Gasteiger partial charge in [-0.05, 0) is 31.9 Å². The van der Waals surface area contributed by atoms with E-state index in [9.17, 15) is 17.6 Å². The van der Waals surface area contributed by atoms with Gasteiger partial charge in [-0.2, -0.15) is 4.31 Å². The molecule has 5 nitrogen and oxygen atoms in total. The Kier molecular flexibility index (Phi) is 4.55.